The van der Waals surface area contributed by atoms with Crippen molar-refractivity contribution in [3.8, 4) is 11.3 Å². The van der Waals surface area contributed by atoms with Crippen LogP contribution in [0.1, 0.15) is 25.1 Å². The van der Waals surface area contributed by atoms with Gasteiger partial charge in [0.1, 0.15) is 11.6 Å². The molecule has 2 aromatic rings. The lowest BCUT2D eigenvalue weighted by Crippen LogP contribution is -2.38. The zero-order valence-corrected chi connectivity index (χ0v) is 13.0. The van der Waals surface area contributed by atoms with E-state index in [1.165, 1.54) is 12.1 Å². The number of halogens is 1. The Balaban J connectivity index is 1.59. The molecule has 0 aliphatic carbocycles. The average Bonchev–Trinajstić information content (AvgIpc) is 3.24. The number of aryl methyl sites for hydroxylation is 1. The van der Waals surface area contributed by atoms with Crippen molar-refractivity contribution in [3.63, 3.8) is 0 Å². The third kappa shape index (κ3) is 2.64. The quantitative estimate of drug-likeness (QED) is 0.855. The molecular formula is C18H20FN3O. The van der Waals surface area contributed by atoms with Crippen molar-refractivity contribution in [2.24, 2.45) is 5.92 Å². The molecule has 1 aromatic carbocycles. The van der Waals surface area contributed by atoms with Crippen molar-refractivity contribution in [1.82, 2.24) is 14.5 Å². The topological polar surface area (TPSA) is 38.1 Å². The fourth-order valence-corrected chi connectivity index (χ4v) is 3.68. The Hall–Kier alpha value is -2.17. The summed E-state index contributed by atoms with van der Waals surface area (Å²) in [6, 6.07) is 6.47. The van der Waals surface area contributed by atoms with Gasteiger partial charge in [-0.15, -0.1) is 0 Å². The second kappa shape index (κ2) is 5.80. The van der Waals surface area contributed by atoms with Crippen LogP contribution in [-0.2, 0) is 17.8 Å². The van der Waals surface area contributed by atoms with Crippen LogP contribution in [0.15, 0.2) is 30.5 Å². The Kier molecular flexibility index (Phi) is 3.63. The first-order valence-corrected chi connectivity index (χ1v) is 8.31. The zero-order valence-electron chi connectivity index (χ0n) is 13.0. The maximum absolute atomic E-state index is 13.1. The van der Waals surface area contributed by atoms with Gasteiger partial charge in [0.2, 0.25) is 5.91 Å². The van der Waals surface area contributed by atoms with Gasteiger partial charge in [-0.1, -0.05) is 0 Å². The smallest absolute Gasteiger partial charge is 0.227 e. The second-order valence-corrected chi connectivity index (χ2v) is 6.45. The predicted octanol–water partition coefficient (Wildman–Crippen LogP) is 2.87. The van der Waals surface area contributed by atoms with Gasteiger partial charge in [0.05, 0.1) is 17.8 Å². The molecule has 1 atom stereocenters. The van der Waals surface area contributed by atoms with E-state index in [1.807, 2.05) is 11.1 Å². The van der Waals surface area contributed by atoms with Gasteiger partial charge in [-0.05, 0) is 49.1 Å². The summed E-state index contributed by atoms with van der Waals surface area (Å²) in [4.78, 5) is 19.2. The lowest BCUT2D eigenvalue weighted by Gasteiger charge is -2.28. The van der Waals surface area contributed by atoms with E-state index >= 15 is 0 Å². The number of fused-ring (bicyclic) bond motifs is 1. The van der Waals surface area contributed by atoms with E-state index in [1.54, 1.807) is 12.1 Å². The Morgan fingerprint density at radius 1 is 1.17 bits per heavy atom. The molecule has 1 aromatic heterocycles. The molecule has 5 heteroatoms. The van der Waals surface area contributed by atoms with E-state index in [2.05, 4.69) is 9.55 Å². The molecule has 23 heavy (non-hydrogen) atoms. The van der Waals surface area contributed by atoms with E-state index in [-0.39, 0.29) is 17.6 Å². The number of rotatable bonds is 2. The summed E-state index contributed by atoms with van der Waals surface area (Å²) in [5.41, 5.74) is 1.92. The lowest BCUT2D eigenvalue weighted by atomic mass is 9.97. The number of likely N-dealkylation sites (tertiary alicyclic amines) is 1. The molecule has 1 amide bonds. The summed E-state index contributed by atoms with van der Waals surface area (Å²) in [6.07, 6.45) is 5.77. The summed E-state index contributed by atoms with van der Waals surface area (Å²) >= 11 is 0. The fraction of sp³-hybridized carbons (Fsp3) is 0.444. The van der Waals surface area contributed by atoms with E-state index in [9.17, 15) is 9.18 Å². The highest BCUT2D eigenvalue weighted by atomic mass is 19.1. The highest BCUT2D eigenvalue weighted by Crippen LogP contribution is 2.29. The first kappa shape index (κ1) is 14.4. The molecule has 2 aliphatic heterocycles. The van der Waals surface area contributed by atoms with E-state index in [0.717, 1.165) is 55.9 Å². The minimum atomic E-state index is -0.241. The highest BCUT2D eigenvalue weighted by Gasteiger charge is 2.31. The molecule has 120 valence electrons. The van der Waals surface area contributed by atoms with Crippen LogP contribution in [0.3, 0.4) is 0 Å². The number of hydrogen-bond acceptors (Lipinski definition) is 2. The van der Waals surface area contributed by atoms with Crippen LogP contribution in [0.25, 0.3) is 11.3 Å². The van der Waals surface area contributed by atoms with Gasteiger partial charge in [0.25, 0.3) is 0 Å². The highest BCUT2D eigenvalue weighted by molar-refractivity contribution is 5.79. The van der Waals surface area contributed by atoms with Gasteiger partial charge in [-0.25, -0.2) is 9.37 Å². The summed E-state index contributed by atoms with van der Waals surface area (Å²) in [7, 11) is 0. The molecular weight excluding hydrogens is 293 g/mol. The van der Waals surface area contributed by atoms with Crippen molar-refractivity contribution in [2.45, 2.75) is 32.2 Å². The average molecular weight is 313 g/mol. The minimum Gasteiger partial charge on any atom is -0.342 e. The maximum Gasteiger partial charge on any atom is 0.227 e. The van der Waals surface area contributed by atoms with Crippen LogP contribution in [0.2, 0.25) is 0 Å². The van der Waals surface area contributed by atoms with E-state index in [4.69, 9.17) is 0 Å². The Labute approximate surface area is 134 Å². The molecule has 0 radical (unpaired) electrons. The molecule has 0 unspecified atom stereocenters. The third-order valence-corrected chi connectivity index (χ3v) is 4.96. The SMILES string of the molecule is O=C([C@H]1CCc2ncc(-c3ccc(F)cc3)n2C1)N1CCCC1. The number of aromatic nitrogens is 2. The van der Waals surface area contributed by atoms with Crippen molar-refractivity contribution in [3.05, 3.63) is 42.1 Å². The summed E-state index contributed by atoms with van der Waals surface area (Å²) in [5, 5.41) is 0. The summed E-state index contributed by atoms with van der Waals surface area (Å²) in [6.45, 7) is 2.48. The van der Waals surface area contributed by atoms with Gasteiger partial charge in [-0.2, -0.15) is 0 Å². The first-order valence-electron chi connectivity index (χ1n) is 8.31. The van der Waals surface area contributed by atoms with Gasteiger partial charge in [0.15, 0.2) is 0 Å². The Morgan fingerprint density at radius 3 is 2.65 bits per heavy atom. The van der Waals surface area contributed by atoms with Gasteiger partial charge < -0.3 is 9.47 Å². The minimum absolute atomic E-state index is 0.0361. The number of hydrogen-bond donors (Lipinski definition) is 0. The van der Waals surface area contributed by atoms with Crippen LogP contribution < -0.4 is 0 Å². The molecule has 1 saturated heterocycles. The second-order valence-electron chi connectivity index (χ2n) is 6.45. The standard InChI is InChI=1S/C18H20FN3O/c19-15-6-3-13(4-7-15)16-11-20-17-8-5-14(12-22(16)17)18(23)21-9-1-2-10-21/h3-4,6-7,11,14H,1-2,5,8-10,12H2/t14-/m0/s1. The third-order valence-electron chi connectivity index (χ3n) is 4.96. The monoisotopic (exact) mass is 313 g/mol. The van der Waals surface area contributed by atoms with Crippen molar-refractivity contribution in [2.75, 3.05) is 13.1 Å². The van der Waals surface area contributed by atoms with Crippen molar-refractivity contribution in [1.29, 1.82) is 0 Å². The molecule has 2 aliphatic rings. The number of carbonyl (C=O) groups excluding carboxylic acids is 1. The molecule has 4 rings (SSSR count). The van der Waals surface area contributed by atoms with Gasteiger partial charge in [-0.3, -0.25) is 4.79 Å². The lowest BCUT2D eigenvalue weighted by molar-refractivity contribution is -0.135. The van der Waals surface area contributed by atoms with Crippen LogP contribution in [0, 0.1) is 11.7 Å². The molecule has 0 N–H and O–H groups in total. The number of nitrogens with zero attached hydrogens (tertiary/aromatic N) is 3. The van der Waals surface area contributed by atoms with Crippen LogP contribution in [0.5, 0.6) is 0 Å². The van der Waals surface area contributed by atoms with Crippen molar-refractivity contribution >= 4 is 5.91 Å². The molecule has 0 spiro atoms. The normalized spacial score (nSPS) is 20.6. The van der Waals surface area contributed by atoms with Crippen LogP contribution in [0.4, 0.5) is 4.39 Å². The molecule has 3 heterocycles. The van der Waals surface area contributed by atoms with Crippen molar-refractivity contribution < 1.29 is 9.18 Å². The molecule has 0 saturated carbocycles. The summed E-state index contributed by atoms with van der Waals surface area (Å²) < 4.78 is 15.3. The Morgan fingerprint density at radius 2 is 1.91 bits per heavy atom. The number of amides is 1. The molecule has 1 fully saturated rings. The van der Waals surface area contributed by atoms with Crippen LogP contribution >= 0.6 is 0 Å². The zero-order chi connectivity index (χ0) is 15.8. The largest absolute Gasteiger partial charge is 0.342 e. The number of imidazole rings is 1. The fourth-order valence-electron chi connectivity index (χ4n) is 3.68. The molecule has 0 bridgehead atoms. The number of benzene rings is 1. The Bertz CT molecular complexity index is 716. The van der Waals surface area contributed by atoms with E-state index < -0.39 is 0 Å². The predicted molar refractivity (Wildman–Crippen MR) is 85.2 cm³/mol. The maximum atomic E-state index is 13.1. The molecule has 4 nitrogen and oxygen atoms in total. The summed E-state index contributed by atoms with van der Waals surface area (Å²) in [5.74, 6) is 1.10. The van der Waals surface area contributed by atoms with E-state index in [0.29, 0.717) is 6.54 Å². The van der Waals surface area contributed by atoms with Gasteiger partial charge >= 0.3 is 0 Å². The van der Waals surface area contributed by atoms with Crippen LogP contribution in [-0.4, -0.2) is 33.4 Å². The number of carbonyl (C=O) groups is 1. The first-order chi connectivity index (χ1) is 11.2. The van der Waals surface area contributed by atoms with Gasteiger partial charge in [0, 0.05) is 26.1 Å².